The van der Waals surface area contributed by atoms with Crippen molar-refractivity contribution in [3.63, 3.8) is 0 Å². The summed E-state index contributed by atoms with van der Waals surface area (Å²) in [6.45, 7) is 3.66. The highest BCUT2D eigenvalue weighted by atomic mass is 16.4. The first-order chi connectivity index (χ1) is 9.63. The van der Waals surface area contributed by atoms with Crippen molar-refractivity contribution in [2.24, 2.45) is 5.92 Å². The lowest BCUT2D eigenvalue weighted by molar-refractivity contribution is -0.137. The highest BCUT2D eigenvalue weighted by molar-refractivity contribution is 5.76. The fourth-order valence-corrected chi connectivity index (χ4v) is 3.66. The largest absolute Gasteiger partial charge is 0.481 e. The minimum atomic E-state index is -0.842. The van der Waals surface area contributed by atoms with Crippen LogP contribution in [0, 0.1) is 5.92 Å². The van der Waals surface area contributed by atoms with Crippen molar-refractivity contribution in [1.82, 2.24) is 9.80 Å². The Hall–Kier alpha value is -1.26. The predicted molar refractivity (Wildman–Crippen MR) is 76.6 cm³/mol. The van der Waals surface area contributed by atoms with Crippen LogP contribution in [0.4, 0.5) is 4.79 Å². The van der Waals surface area contributed by atoms with Crippen molar-refractivity contribution >= 4 is 12.0 Å². The van der Waals surface area contributed by atoms with Crippen LogP contribution in [0.2, 0.25) is 0 Å². The van der Waals surface area contributed by atoms with Gasteiger partial charge in [-0.1, -0.05) is 12.8 Å². The first-order valence-corrected chi connectivity index (χ1v) is 7.90. The van der Waals surface area contributed by atoms with Crippen molar-refractivity contribution in [1.29, 1.82) is 0 Å². The van der Waals surface area contributed by atoms with Gasteiger partial charge >= 0.3 is 12.0 Å². The smallest absolute Gasteiger partial charge is 0.320 e. The Morgan fingerprint density at radius 2 is 1.90 bits per heavy atom. The molecule has 1 aliphatic heterocycles. The van der Waals surface area contributed by atoms with E-state index < -0.39 is 5.97 Å². The number of hydrogen-bond acceptors (Lipinski definition) is 2. The molecule has 2 atom stereocenters. The maximum absolute atomic E-state index is 12.7. The van der Waals surface area contributed by atoms with Gasteiger partial charge in [0.25, 0.3) is 0 Å². The summed E-state index contributed by atoms with van der Waals surface area (Å²) in [5.74, 6) is -0.176. The summed E-state index contributed by atoms with van der Waals surface area (Å²) in [6, 6.07) is 0.439. The van der Waals surface area contributed by atoms with E-state index in [0.29, 0.717) is 25.0 Å². The molecule has 5 nitrogen and oxygen atoms in total. The van der Waals surface area contributed by atoms with Gasteiger partial charge in [-0.2, -0.15) is 0 Å². The van der Waals surface area contributed by atoms with Crippen LogP contribution in [0.15, 0.2) is 0 Å². The average Bonchev–Trinajstić information content (AvgIpc) is 2.46. The molecular formula is C15H26N2O3. The van der Waals surface area contributed by atoms with Gasteiger partial charge in [-0.25, -0.2) is 4.79 Å². The van der Waals surface area contributed by atoms with Crippen LogP contribution < -0.4 is 0 Å². The Bertz CT molecular complexity index is 357. The summed E-state index contributed by atoms with van der Waals surface area (Å²) in [5, 5.41) is 8.79. The zero-order valence-corrected chi connectivity index (χ0v) is 12.4. The summed E-state index contributed by atoms with van der Waals surface area (Å²) in [5.41, 5.74) is 0. The van der Waals surface area contributed by atoms with Crippen molar-refractivity contribution in [2.75, 3.05) is 19.6 Å². The molecular weight excluding hydrogens is 256 g/mol. The average molecular weight is 282 g/mol. The Morgan fingerprint density at radius 3 is 2.60 bits per heavy atom. The summed E-state index contributed by atoms with van der Waals surface area (Å²) in [6.07, 6.45) is 7.23. The van der Waals surface area contributed by atoms with Gasteiger partial charge in [0.15, 0.2) is 0 Å². The maximum atomic E-state index is 12.7. The van der Waals surface area contributed by atoms with E-state index in [0.717, 1.165) is 19.4 Å². The molecule has 5 heteroatoms. The molecule has 1 saturated heterocycles. The van der Waals surface area contributed by atoms with Gasteiger partial charge in [-0.3, -0.25) is 4.79 Å². The molecule has 2 amide bonds. The van der Waals surface area contributed by atoms with Gasteiger partial charge in [0.1, 0.15) is 0 Å². The summed E-state index contributed by atoms with van der Waals surface area (Å²) in [7, 11) is 0. The standard InChI is InChI=1S/C15H26N2O3/c1-2-16(11-9-14(18)19)15(20)17-10-5-7-12-6-3-4-8-13(12)17/h12-13H,2-11H2,1H3,(H,18,19)/t12-,13-/m1/s1. The number of carbonyl (C=O) groups excluding carboxylic acids is 1. The van der Waals surface area contributed by atoms with Gasteiger partial charge in [0.05, 0.1) is 6.42 Å². The van der Waals surface area contributed by atoms with Crippen LogP contribution >= 0.6 is 0 Å². The molecule has 2 aliphatic rings. The molecule has 20 heavy (non-hydrogen) atoms. The van der Waals surface area contributed by atoms with E-state index in [-0.39, 0.29) is 12.5 Å². The number of likely N-dealkylation sites (tertiary alicyclic amines) is 1. The third-order valence-corrected chi connectivity index (χ3v) is 4.74. The topological polar surface area (TPSA) is 60.9 Å². The van der Waals surface area contributed by atoms with Gasteiger partial charge in [-0.05, 0) is 38.5 Å². The maximum Gasteiger partial charge on any atom is 0.320 e. The minimum absolute atomic E-state index is 0.0293. The zero-order chi connectivity index (χ0) is 14.5. The Balaban J connectivity index is 1.99. The van der Waals surface area contributed by atoms with Crippen LogP contribution in [0.5, 0.6) is 0 Å². The number of piperidine rings is 1. The Labute approximate surface area is 120 Å². The zero-order valence-electron chi connectivity index (χ0n) is 12.4. The van der Waals surface area contributed by atoms with Gasteiger partial charge in [0, 0.05) is 25.7 Å². The highest BCUT2D eigenvalue weighted by Gasteiger charge is 2.37. The van der Waals surface area contributed by atoms with Gasteiger partial charge < -0.3 is 14.9 Å². The second-order valence-corrected chi connectivity index (χ2v) is 5.95. The second kappa shape index (κ2) is 6.95. The minimum Gasteiger partial charge on any atom is -0.481 e. The Kier molecular flexibility index (Phi) is 5.26. The van der Waals surface area contributed by atoms with Crippen molar-refractivity contribution in [3.05, 3.63) is 0 Å². The first kappa shape index (κ1) is 15.1. The molecule has 0 bridgehead atoms. The van der Waals surface area contributed by atoms with Gasteiger partial charge in [0.2, 0.25) is 0 Å². The molecule has 0 aromatic heterocycles. The quantitative estimate of drug-likeness (QED) is 0.862. The van der Waals surface area contributed by atoms with Crippen LogP contribution in [0.1, 0.15) is 51.9 Å². The molecule has 2 rings (SSSR count). The lowest BCUT2D eigenvalue weighted by atomic mass is 9.78. The predicted octanol–water partition coefficient (Wildman–Crippen LogP) is 2.56. The number of carbonyl (C=O) groups is 2. The van der Waals surface area contributed by atoms with E-state index in [9.17, 15) is 9.59 Å². The molecule has 0 spiro atoms. The molecule has 2 fully saturated rings. The number of hydrogen-bond donors (Lipinski definition) is 1. The molecule has 1 heterocycles. The van der Waals surface area contributed by atoms with E-state index in [1.807, 2.05) is 11.8 Å². The fourth-order valence-electron chi connectivity index (χ4n) is 3.66. The molecule has 0 aromatic carbocycles. The van der Waals surface area contributed by atoms with Crippen molar-refractivity contribution < 1.29 is 14.7 Å². The summed E-state index contributed by atoms with van der Waals surface area (Å²) >= 11 is 0. The number of fused-ring (bicyclic) bond motifs is 1. The van der Waals surface area contributed by atoms with Crippen molar-refractivity contribution in [2.45, 2.75) is 57.9 Å². The normalized spacial score (nSPS) is 25.9. The fraction of sp³-hybridized carbons (Fsp3) is 0.867. The third-order valence-electron chi connectivity index (χ3n) is 4.74. The Morgan fingerprint density at radius 1 is 1.20 bits per heavy atom. The van der Waals surface area contributed by atoms with Crippen LogP contribution in [0.25, 0.3) is 0 Å². The molecule has 0 aromatic rings. The number of rotatable bonds is 4. The molecule has 1 N–H and O–H groups in total. The summed E-state index contributed by atoms with van der Waals surface area (Å²) in [4.78, 5) is 27.1. The first-order valence-electron chi connectivity index (χ1n) is 7.90. The van der Waals surface area contributed by atoms with Crippen LogP contribution in [-0.2, 0) is 4.79 Å². The number of urea groups is 1. The van der Waals surface area contributed by atoms with Crippen LogP contribution in [0.3, 0.4) is 0 Å². The number of nitrogens with zero attached hydrogens (tertiary/aromatic N) is 2. The SMILES string of the molecule is CCN(CCC(=O)O)C(=O)N1CCC[C@H]2CCCC[C@H]21. The molecule has 114 valence electrons. The van der Waals surface area contributed by atoms with E-state index in [1.165, 1.54) is 25.7 Å². The number of amides is 2. The molecule has 1 saturated carbocycles. The third kappa shape index (κ3) is 3.44. The number of carboxylic acid groups (broad SMARTS) is 1. The van der Waals surface area contributed by atoms with E-state index in [1.54, 1.807) is 4.90 Å². The lowest BCUT2D eigenvalue weighted by Crippen LogP contribution is -2.54. The van der Waals surface area contributed by atoms with E-state index in [2.05, 4.69) is 0 Å². The monoisotopic (exact) mass is 282 g/mol. The lowest BCUT2D eigenvalue weighted by Gasteiger charge is -2.45. The molecule has 0 unspecified atom stereocenters. The van der Waals surface area contributed by atoms with Crippen molar-refractivity contribution in [3.8, 4) is 0 Å². The summed E-state index contributed by atoms with van der Waals surface area (Å²) < 4.78 is 0. The van der Waals surface area contributed by atoms with Crippen LogP contribution in [-0.4, -0.2) is 52.6 Å². The second-order valence-electron chi connectivity index (χ2n) is 5.95. The molecule has 1 aliphatic carbocycles. The van der Waals surface area contributed by atoms with E-state index in [4.69, 9.17) is 5.11 Å². The number of carboxylic acids is 1. The number of aliphatic carboxylic acids is 1. The van der Waals surface area contributed by atoms with E-state index >= 15 is 0 Å². The highest BCUT2D eigenvalue weighted by Crippen LogP contribution is 2.35. The van der Waals surface area contributed by atoms with Gasteiger partial charge in [-0.15, -0.1) is 0 Å². The molecule has 0 radical (unpaired) electrons.